The summed E-state index contributed by atoms with van der Waals surface area (Å²) in [5.74, 6) is -1.90. The molecule has 0 atom stereocenters. The molecule has 3 rings (SSSR count). The molecular formula is C14H9N2O4S2-. The molecule has 0 saturated heterocycles. The molecule has 0 fully saturated rings. The maximum Gasteiger partial charge on any atom is 0.279 e. The van der Waals surface area contributed by atoms with E-state index in [0.717, 1.165) is 11.3 Å². The topological polar surface area (TPSA) is 94.7 Å². The number of amides is 1. The Labute approximate surface area is 133 Å². The van der Waals surface area contributed by atoms with Crippen LogP contribution in [0.25, 0.3) is 5.57 Å². The number of carbonyl (C=O) groups excluding carboxylic acids is 2. The molecule has 0 aliphatic carbocycles. The Kier molecular flexibility index (Phi) is 3.63. The summed E-state index contributed by atoms with van der Waals surface area (Å²) in [5, 5.41) is 22.0. The number of aliphatic carboxylic acids is 1. The van der Waals surface area contributed by atoms with E-state index in [1.54, 1.807) is 24.3 Å². The van der Waals surface area contributed by atoms with Gasteiger partial charge in [0.1, 0.15) is 4.88 Å². The number of benzene rings is 1. The normalized spacial score (nSPS) is 13.1. The first-order chi connectivity index (χ1) is 10.5. The summed E-state index contributed by atoms with van der Waals surface area (Å²) in [6, 6.07) is 7.00. The van der Waals surface area contributed by atoms with E-state index in [2.05, 4.69) is 4.99 Å². The molecule has 0 spiro atoms. The first kappa shape index (κ1) is 14.6. The first-order valence-corrected chi connectivity index (χ1v) is 7.56. The number of carbonyl (C=O) groups is 2. The molecule has 1 aromatic heterocycles. The number of para-hydroxylation sites is 1. The highest BCUT2D eigenvalue weighted by atomic mass is 32.1. The third-order valence-electron chi connectivity index (χ3n) is 3.24. The summed E-state index contributed by atoms with van der Waals surface area (Å²) in [5.41, 5.74) is 0.288. The van der Waals surface area contributed by atoms with Crippen LogP contribution in [-0.2, 0) is 16.1 Å². The summed E-state index contributed by atoms with van der Waals surface area (Å²) >= 11 is 6.19. The molecule has 1 N–H and O–H groups in total. The van der Waals surface area contributed by atoms with Crippen LogP contribution in [0.15, 0.2) is 29.3 Å². The lowest BCUT2D eigenvalue weighted by Crippen LogP contribution is -2.23. The lowest BCUT2D eigenvalue weighted by atomic mass is 10.1. The van der Waals surface area contributed by atoms with Crippen molar-refractivity contribution >= 4 is 41.0 Å². The van der Waals surface area contributed by atoms with E-state index in [9.17, 15) is 19.8 Å². The minimum absolute atomic E-state index is 0.0102. The maximum absolute atomic E-state index is 12.1. The molecule has 0 bridgehead atoms. The average molecular weight is 333 g/mol. The minimum atomic E-state index is -1.24. The van der Waals surface area contributed by atoms with Crippen molar-refractivity contribution < 1.29 is 19.8 Å². The monoisotopic (exact) mass is 333 g/mol. The molecule has 1 aliphatic heterocycles. The van der Waals surface area contributed by atoms with Crippen molar-refractivity contribution in [1.29, 1.82) is 0 Å². The van der Waals surface area contributed by atoms with Crippen LogP contribution >= 0.6 is 23.6 Å². The predicted molar refractivity (Wildman–Crippen MR) is 79.2 cm³/mol. The van der Waals surface area contributed by atoms with Crippen LogP contribution in [0.2, 0.25) is 0 Å². The number of thiazole rings is 1. The maximum atomic E-state index is 12.1. The van der Waals surface area contributed by atoms with Crippen molar-refractivity contribution in [3.63, 3.8) is 0 Å². The van der Waals surface area contributed by atoms with E-state index in [1.165, 1.54) is 4.57 Å². The minimum Gasteiger partial charge on any atom is -0.550 e. The largest absolute Gasteiger partial charge is 0.550 e. The quantitative estimate of drug-likeness (QED) is 0.760. The highest BCUT2D eigenvalue weighted by molar-refractivity contribution is 7.73. The van der Waals surface area contributed by atoms with Gasteiger partial charge >= 0.3 is 0 Å². The van der Waals surface area contributed by atoms with Crippen molar-refractivity contribution in [2.24, 2.45) is 4.99 Å². The van der Waals surface area contributed by atoms with Crippen molar-refractivity contribution in [3.05, 3.63) is 43.7 Å². The van der Waals surface area contributed by atoms with Gasteiger partial charge in [-0.25, -0.2) is 4.99 Å². The van der Waals surface area contributed by atoms with Crippen LogP contribution in [0, 0.1) is 3.95 Å². The molecule has 22 heavy (non-hydrogen) atoms. The number of nitrogens with zero attached hydrogens (tertiary/aromatic N) is 2. The van der Waals surface area contributed by atoms with Crippen LogP contribution in [0.4, 0.5) is 0 Å². The van der Waals surface area contributed by atoms with Crippen molar-refractivity contribution in [1.82, 2.24) is 4.57 Å². The van der Waals surface area contributed by atoms with Crippen LogP contribution in [0.1, 0.15) is 11.3 Å². The van der Waals surface area contributed by atoms with Gasteiger partial charge in [-0.2, -0.15) is 0 Å². The highest BCUT2D eigenvalue weighted by Gasteiger charge is 2.24. The summed E-state index contributed by atoms with van der Waals surface area (Å²) < 4.78 is 1.57. The molecule has 6 nitrogen and oxygen atoms in total. The van der Waals surface area contributed by atoms with E-state index in [1.807, 2.05) is 0 Å². The molecule has 0 unspecified atom stereocenters. The standard InChI is InChI=1S/C14H10N2O4S2/c17-9(18)5-6-16-13(20)11(22-14(16)21)10-7-3-1-2-4-8(7)15-12(10)19/h1-4,20H,5-6H2,(H,17,18)/p-1. The van der Waals surface area contributed by atoms with Crippen LogP contribution < -0.4 is 15.7 Å². The summed E-state index contributed by atoms with van der Waals surface area (Å²) in [7, 11) is 0. The Morgan fingerprint density at radius 3 is 2.86 bits per heavy atom. The number of hydrogen-bond acceptors (Lipinski definition) is 6. The zero-order chi connectivity index (χ0) is 15.9. The second kappa shape index (κ2) is 5.47. The lowest BCUT2D eigenvalue weighted by Gasteiger charge is -2.05. The third-order valence-corrected chi connectivity index (χ3v) is 4.70. The number of hydrogen-bond donors (Lipinski definition) is 1. The van der Waals surface area contributed by atoms with Gasteiger partial charge < -0.3 is 15.0 Å². The van der Waals surface area contributed by atoms with Gasteiger partial charge in [-0.3, -0.25) is 9.36 Å². The number of carboxylic acid groups (broad SMARTS) is 1. The fourth-order valence-electron chi connectivity index (χ4n) is 2.24. The molecule has 2 aromatic rings. The van der Waals surface area contributed by atoms with Gasteiger partial charge in [-0.1, -0.05) is 18.2 Å². The molecule has 112 valence electrons. The Morgan fingerprint density at radius 1 is 1.41 bits per heavy atom. The van der Waals surface area contributed by atoms with Crippen LogP contribution in [-0.4, -0.2) is 21.6 Å². The Balaban J connectivity index is 2.18. The molecule has 1 amide bonds. The summed E-state index contributed by atoms with van der Waals surface area (Å²) in [6.07, 6.45) is -0.276. The summed E-state index contributed by atoms with van der Waals surface area (Å²) in [4.78, 5) is 26.9. The Bertz CT molecular complexity index is 971. The van der Waals surface area contributed by atoms with Gasteiger partial charge in [0, 0.05) is 24.2 Å². The van der Waals surface area contributed by atoms with Gasteiger partial charge in [0.2, 0.25) is 5.88 Å². The molecule has 1 aromatic carbocycles. The number of carboxylic acids is 1. The van der Waals surface area contributed by atoms with Crippen molar-refractivity contribution in [2.75, 3.05) is 0 Å². The number of aromatic hydroxyl groups is 1. The first-order valence-electron chi connectivity index (χ1n) is 6.34. The summed E-state index contributed by atoms with van der Waals surface area (Å²) in [6.45, 7) is -0.0102. The molecule has 8 heteroatoms. The van der Waals surface area contributed by atoms with Crippen molar-refractivity contribution in [2.45, 2.75) is 13.0 Å². The predicted octanol–water partition coefficient (Wildman–Crippen LogP) is -0.517. The van der Waals surface area contributed by atoms with Gasteiger partial charge in [0.25, 0.3) is 5.91 Å². The smallest absolute Gasteiger partial charge is 0.279 e. The zero-order valence-electron chi connectivity index (χ0n) is 11.1. The Hall–Kier alpha value is -2.32. The molecular weight excluding hydrogens is 324 g/mol. The van der Waals surface area contributed by atoms with Gasteiger partial charge in [0.05, 0.1) is 10.9 Å². The fourth-order valence-corrected chi connectivity index (χ4v) is 3.63. The van der Waals surface area contributed by atoms with E-state index >= 15 is 0 Å². The average Bonchev–Trinajstić information content (AvgIpc) is 2.93. The van der Waals surface area contributed by atoms with Crippen LogP contribution in [0.5, 0.6) is 5.88 Å². The molecule has 1 aliphatic rings. The second-order valence-corrected chi connectivity index (χ2v) is 6.25. The zero-order valence-corrected chi connectivity index (χ0v) is 12.7. The van der Waals surface area contributed by atoms with Gasteiger partial charge in [-0.15, -0.1) is 11.3 Å². The van der Waals surface area contributed by atoms with Gasteiger partial charge in [-0.05, 0) is 18.3 Å². The second-order valence-electron chi connectivity index (χ2n) is 4.60. The van der Waals surface area contributed by atoms with Crippen LogP contribution in [0.3, 0.4) is 0 Å². The molecule has 0 saturated carbocycles. The van der Waals surface area contributed by atoms with Gasteiger partial charge in [0.15, 0.2) is 3.95 Å². The highest BCUT2D eigenvalue weighted by Crippen LogP contribution is 2.32. The van der Waals surface area contributed by atoms with E-state index in [0.29, 0.717) is 19.4 Å². The molecule has 0 radical (unpaired) electrons. The van der Waals surface area contributed by atoms with E-state index < -0.39 is 11.9 Å². The Morgan fingerprint density at radius 2 is 2.14 bits per heavy atom. The molecule has 2 heterocycles. The number of rotatable bonds is 4. The fraction of sp³-hybridized carbons (Fsp3) is 0.143. The number of fused-ring (bicyclic) bond motifs is 1. The van der Waals surface area contributed by atoms with E-state index in [-0.39, 0.29) is 24.4 Å². The van der Waals surface area contributed by atoms with E-state index in [4.69, 9.17) is 12.2 Å². The third kappa shape index (κ3) is 2.36. The number of aromatic nitrogens is 1. The SMILES string of the molecule is O=C([O-])CCn1c(O)c(C2=c3ccccc3=NC2=O)sc1=S. The van der Waals surface area contributed by atoms with Crippen molar-refractivity contribution in [3.8, 4) is 5.88 Å². The lowest BCUT2D eigenvalue weighted by molar-refractivity contribution is -0.305.